The van der Waals surface area contributed by atoms with E-state index in [9.17, 15) is 14.7 Å². The molecule has 0 spiro atoms. The smallest absolute Gasteiger partial charge is 0.348 e. The summed E-state index contributed by atoms with van der Waals surface area (Å²) in [6, 6.07) is 9.22. The Kier molecular flexibility index (Phi) is 3.78. The molecule has 0 atom stereocenters. The zero-order chi connectivity index (χ0) is 20.4. The van der Waals surface area contributed by atoms with Crippen molar-refractivity contribution < 1.29 is 18.4 Å². The minimum absolute atomic E-state index is 0.0150. The summed E-state index contributed by atoms with van der Waals surface area (Å²) in [5.41, 5.74) is -0.991. The number of rotatable bonds is 1. The average Bonchev–Trinajstić information content (AvgIpc) is 3.01. The van der Waals surface area contributed by atoms with E-state index in [4.69, 9.17) is 36.5 Å². The summed E-state index contributed by atoms with van der Waals surface area (Å²) in [4.78, 5) is 25.4. The van der Waals surface area contributed by atoms with E-state index in [2.05, 4.69) is 0 Å². The van der Waals surface area contributed by atoms with Gasteiger partial charge in [-0.25, -0.2) is 9.59 Å². The molecule has 2 aromatic carbocycles. The highest BCUT2D eigenvalue weighted by Crippen LogP contribution is 2.41. The Hall–Kier alpha value is -3.22. The first-order chi connectivity index (χ1) is 13.8. The van der Waals surface area contributed by atoms with Crippen molar-refractivity contribution in [1.29, 1.82) is 0 Å². The van der Waals surface area contributed by atoms with Crippen molar-refractivity contribution in [1.82, 2.24) is 0 Å². The molecule has 5 rings (SSSR count). The molecule has 29 heavy (non-hydrogen) atoms. The van der Waals surface area contributed by atoms with E-state index in [0.29, 0.717) is 15.4 Å². The van der Waals surface area contributed by atoms with Crippen LogP contribution in [0.4, 0.5) is 0 Å². The van der Waals surface area contributed by atoms with Gasteiger partial charge in [-0.2, -0.15) is 0 Å². The van der Waals surface area contributed by atoms with Gasteiger partial charge < -0.3 is 18.4 Å². The van der Waals surface area contributed by atoms with E-state index in [0.717, 1.165) is 0 Å². The second-order valence-corrected chi connectivity index (χ2v) is 7.39. The minimum Gasteiger partial charge on any atom is -0.506 e. The molecule has 0 aliphatic heterocycles. The maximum Gasteiger partial charge on any atom is 0.348 e. The summed E-state index contributed by atoms with van der Waals surface area (Å²) in [7, 11) is 0. The van der Waals surface area contributed by atoms with E-state index in [-0.39, 0.29) is 50.2 Å². The highest BCUT2D eigenvalue weighted by Gasteiger charge is 2.26. The van der Waals surface area contributed by atoms with Crippen LogP contribution in [0, 0.1) is 6.92 Å². The molecule has 8 heteroatoms. The number of fused-ring (bicyclic) bond motifs is 4. The molecule has 5 aromatic rings. The third kappa shape index (κ3) is 2.57. The molecule has 0 amide bonds. The molecule has 0 aliphatic rings. The summed E-state index contributed by atoms with van der Waals surface area (Å²) >= 11 is 12.1. The summed E-state index contributed by atoms with van der Waals surface area (Å²) in [5, 5.41) is 12.3. The fourth-order valence-electron chi connectivity index (χ4n) is 3.53. The Bertz CT molecular complexity index is 1590. The molecule has 0 unspecified atom stereocenters. The van der Waals surface area contributed by atoms with E-state index < -0.39 is 11.3 Å². The van der Waals surface area contributed by atoms with Gasteiger partial charge in [0, 0.05) is 15.6 Å². The molecule has 0 aliphatic carbocycles. The van der Waals surface area contributed by atoms with E-state index in [1.165, 1.54) is 18.2 Å². The van der Waals surface area contributed by atoms with Gasteiger partial charge in [0.15, 0.2) is 5.58 Å². The zero-order valence-corrected chi connectivity index (χ0v) is 16.2. The first kappa shape index (κ1) is 17.8. The number of aryl methyl sites for hydroxylation is 1. The van der Waals surface area contributed by atoms with Crippen LogP contribution in [-0.2, 0) is 0 Å². The van der Waals surface area contributed by atoms with Crippen molar-refractivity contribution in [3.8, 4) is 16.9 Å². The highest BCUT2D eigenvalue weighted by molar-refractivity contribution is 6.32. The summed E-state index contributed by atoms with van der Waals surface area (Å²) in [6.07, 6.45) is 0. The molecule has 3 aromatic heterocycles. The molecule has 0 saturated heterocycles. The Morgan fingerprint density at radius 3 is 2.07 bits per heavy atom. The fourth-order valence-corrected chi connectivity index (χ4v) is 3.87. The lowest BCUT2D eigenvalue weighted by molar-refractivity contribution is 0.470. The maximum atomic E-state index is 12.7. The van der Waals surface area contributed by atoms with Crippen LogP contribution >= 0.6 is 23.2 Å². The standard InChI is InChI=1S/C21H10Cl2O6/c1-8-15(16-18(24)11-6-9(22)2-4-13(11)28-20(16)25)17-19(27-8)12-7-10(23)3-5-14(12)29-21(17)26/h2-7,24H,1H3. The largest absolute Gasteiger partial charge is 0.506 e. The van der Waals surface area contributed by atoms with Crippen LogP contribution in [-0.4, -0.2) is 5.11 Å². The third-order valence-electron chi connectivity index (χ3n) is 4.77. The van der Waals surface area contributed by atoms with Crippen LogP contribution in [0.2, 0.25) is 10.0 Å². The van der Waals surface area contributed by atoms with Gasteiger partial charge in [0.2, 0.25) is 0 Å². The van der Waals surface area contributed by atoms with Gasteiger partial charge in [-0.15, -0.1) is 0 Å². The van der Waals surface area contributed by atoms with Gasteiger partial charge in [-0.05, 0) is 43.3 Å². The van der Waals surface area contributed by atoms with Crippen LogP contribution in [0.3, 0.4) is 0 Å². The lowest BCUT2D eigenvalue weighted by Crippen LogP contribution is -2.07. The van der Waals surface area contributed by atoms with Crippen LogP contribution < -0.4 is 11.3 Å². The molecule has 6 nitrogen and oxygen atoms in total. The van der Waals surface area contributed by atoms with Crippen molar-refractivity contribution in [2.45, 2.75) is 6.92 Å². The summed E-state index contributed by atoms with van der Waals surface area (Å²) in [5.74, 6) is -0.126. The predicted octanol–water partition coefficient (Wildman–Crippen LogP) is 5.63. The first-order valence-corrected chi connectivity index (χ1v) is 9.22. The quantitative estimate of drug-likeness (QED) is 0.347. The molecule has 3 heterocycles. The Morgan fingerprint density at radius 2 is 1.38 bits per heavy atom. The predicted molar refractivity (Wildman–Crippen MR) is 110 cm³/mol. The molecular weight excluding hydrogens is 419 g/mol. The van der Waals surface area contributed by atoms with Gasteiger partial charge in [0.05, 0.1) is 10.8 Å². The van der Waals surface area contributed by atoms with Crippen LogP contribution in [0.5, 0.6) is 5.75 Å². The van der Waals surface area contributed by atoms with Gasteiger partial charge in [0.25, 0.3) is 0 Å². The number of halogens is 2. The SMILES string of the molecule is Cc1oc2c(c1-c1c(O)c3cc(Cl)ccc3oc1=O)c(=O)oc1ccc(Cl)cc12. The van der Waals surface area contributed by atoms with Crippen LogP contribution in [0.25, 0.3) is 44.0 Å². The Morgan fingerprint density at radius 1 is 0.793 bits per heavy atom. The minimum atomic E-state index is -0.825. The number of furan rings is 1. The molecule has 1 N–H and O–H groups in total. The van der Waals surface area contributed by atoms with E-state index in [1.54, 1.807) is 25.1 Å². The number of hydrogen-bond acceptors (Lipinski definition) is 6. The molecule has 0 bridgehead atoms. The van der Waals surface area contributed by atoms with Gasteiger partial charge in [0.1, 0.15) is 33.6 Å². The summed E-state index contributed by atoms with van der Waals surface area (Å²) in [6.45, 7) is 1.58. The lowest BCUT2D eigenvalue weighted by Gasteiger charge is -2.06. The van der Waals surface area contributed by atoms with Crippen molar-refractivity contribution in [2.24, 2.45) is 0 Å². The van der Waals surface area contributed by atoms with Crippen molar-refractivity contribution in [3.63, 3.8) is 0 Å². The zero-order valence-electron chi connectivity index (χ0n) is 14.7. The third-order valence-corrected chi connectivity index (χ3v) is 5.24. The van der Waals surface area contributed by atoms with Crippen LogP contribution in [0.1, 0.15) is 5.76 Å². The van der Waals surface area contributed by atoms with Gasteiger partial charge in [-0.1, -0.05) is 23.2 Å². The summed E-state index contributed by atoms with van der Waals surface area (Å²) < 4.78 is 16.5. The Balaban J connectivity index is 1.98. The van der Waals surface area contributed by atoms with Crippen LogP contribution in [0.15, 0.2) is 59.2 Å². The molecule has 144 valence electrons. The van der Waals surface area contributed by atoms with Gasteiger partial charge >= 0.3 is 11.3 Å². The fraction of sp³-hybridized carbons (Fsp3) is 0.0476. The second-order valence-electron chi connectivity index (χ2n) is 6.52. The normalized spacial score (nSPS) is 11.7. The van der Waals surface area contributed by atoms with Crippen molar-refractivity contribution in [2.75, 3.05) is 0 Å². The Labute approximate surface area is 171 Å². The average molecular weight is 429 g/mol. The molecule has 0 radical (unpaired) electrons. The van der Waals surface area contributed by atoms with Crippen molar-refractivity contribution >= 4 is 56.1 Å². The topological polar surface area (TPSA) is 93.8 Å². The molecular formula is C21H10Cl2O6. The van der Waals surface area contributed by atoms with E-state index in [1.807, 2.05) is 0 Å². The monoisotopic (exact) mass is 428 g/mol. The number of hydrogen-bond donors (Lipinski definition) is 1. The van der Waals surface area contributed by atoms with Crippen molar-refractivity contribution in [3.05, 3.63) is 73.0 Å². The first-order valence-electron chi connectivity index (χ1n) is 8.46. The van der Waals surface area contributed by atoms with Gasteiger partial charge in [-0.3, -0.25) is 0 Å². The lowest BCUT2D eigenvalue weighted by atomic mass is 10.0. The maximum absolute atomic E-state index is 12.7. The number of aromatic hydroxyl groups is 1. The van der Waals surface area contributed by atoms with E-state index >= 15 is 0 Å². The molecule has 0 fully saturated rings. The highest BCUT2D eigenvalue weighted by atomic mass is 35.5. The second kappa shape index (κ2) is 6.14. The molecule has 0 saturated carbocycles. The number of benzene rings is 2.